The van der Waals surface area contributed by atoms with E-state index in [1.54, 1.807) is 0 Å². The Balaban J connectivity index is 1.30. The standard InChI is InChI=1S/C16H25NO3/c1-2-15(16-12(1)4-10-19-16)20-14-3-7-17(11-14)13-5-8-18-9-6-13/h13-15H,1-11H2/t14-,15?/m1/s1. The maximum absolute atomic E-state index is 6.35. The first-order valence-corrected chi connectivity index (χ1v) is 8.22. The van der Waals surface area contributed by atoms with Gasteiger partial charge in [-0.1, -0.05) is 0 Å². The molecule has 4 nitrogen and oxygen atoms in total. The van der Waals surface area contributed by atoms with E-state index in [9.17, 15) is 0 Å². The van der Waals surface area contributed by atoms with Gasteiger partial charge in [0.1, 0.15) is 11.9 Å². The summed E-state index contributed by atoms with van der Waals surface area (Å²) in [6.07, 6.45) is 7.67. The average Bonchev–Trinajstić information content (AvgIpc) is 3.19. The van der Waals surface area contributed by atoms with Crippen LogP contribution in [-0.2, 0) is 14.2 Å². The zero-order valence-electron chi connectivity index (χ0n) is 12.2. The molecular formula is C16H25NO3. The molecule has 0 aromatic rings. The van der Waals surface area contributed by atoms with Crippen LogP contribution >= 0.6 is 0 Å². The van der Waals surface area contributed by atoms with Crippen molar-refractivity contribution in [2.24, 2.45) is 0 Å². The summed E-state index contributed by atoms with van der Waals surface area (Å²) in [4.78, 5) is 2.62. The molecule has 0 aromatic heterocycles. The first-order valence-electron chi connectivity index (χ1n) is 8.22. The third kappa shape index (κ3) is 2.49. The molecule has 0 spiro atoms. The Morgan fingerprint density at radius 1 is 1.00 bits per heavy atom. The van der Waals surface area contributed by atoms with Crippen molar-refractivity contribution in [2.45, 2.75) is 56.8 Å². The molecular weight excluding hydrogens is 254 g/mol. The van der Waals surface area contributed by atoms with Crippen LogP contribution in [-0.4, -0.2) is 56.1 Å². The molecule has 4 aliphatic rings. The summed E-state index contributed by atoms with van der Waals surface area (Å²) in [6, 6.07) is 0.721. The Kier molecular flexibility index (Phi) is 3.71. The van der Waals surface area contributed by atoms with Crippen molar-refractivity contribution < 1.29 is 14.2 Å². The molecule has 2 atom stereocenters. The van der Waals surface area contributed by atoms with Crippen molar-refractivity contribution in [1.29, 1.82) is 0 Å². The van der Waals surface area contributed by atoms with Crippen molar-refractivity contribution in [1.82, 2.24) is 4.90 Å². The van der Waals surface area contributed by atoms with Gasteiger partial charge in [0.15, 0.2) is 0 Å². The smallest absolute Gasteiger partial charge is 0.124 e. The third-order valence-corrected chi connectivity index (χ3v) is 5.25. The summed E-state index contributed by atoms with van der Waals surface area (Å²) < 4.78 is 17.6. The molecule has 0 bridgehead atoms. The number of nitrogens with zero attached hydrogens (tertiary/aromatic N) is 1. The Bertz CT molecular complexity index is 389. The first-order chi connectivity index (χ1) is 9.90. The fraction of sp³-hybridized carbons (Fsp3) is 0.875. The van der Waals surface area contributed by atoms with Crippen LogP contribution in [0.25, 0.3) is 0 Å². The highest BCUT2D eigenvalue weighted by Crippen LogP contribution is 2.37. The summed E-state index contributed by atoms with van der Waals surface area (Å²) >= 11 is 0. The normalized spacial score (nSPS) is 35.6. The Labute approximate surface area is 121 Å². The molecule has 1 unspecified atom stereocenters. The van der Waals surface area contributed by atoms with E-state index < -0.39 is 0 Å². The van der Waals surface area contributed by atoms with E-state index in [0.717, 1.165) is 45.2 Å². The second-order valence-electron chi connectivity index (χ2n) is 6.48. The first kappa shape index (κ1) is 13.1. The van der Waals surface area contributed by atoms with Gasteiger partial charge >= 0.3 is 0 Å². The second kappa shape index (κ2) is 5.66. The fourth-order valence-corrected chi connectivity index (χ4v) is 4.12. The van der Waals surface area contributed by atoms with Crippen LogP contribution in [0.3, 0.4) is 0 Å². The van der Waals surface area contributed by atoms with Gasteiger partial charge in [0.2, 0.25) is 0 Å². The number of rotatable bonds is 3. The second-order valence-corrected chi connectivity index (χ2v) is 6.48. The largest absolute Gasteiger partial charge is 0.495 e. The zero-order chi connectivity index (χ0) is 13.4. The number of likely N-dealkylation sites (tertiary alicyclic amines) is 1. The van der Waals surface area contributed by atoms with Gasteiger partial charge in [-0.25, -0.2) is 0 Å². The predicted octanol–water partition coefficient (Wildman–Crippen LogP) is 2.09. The maximum atomic E-state index is 6.35. The van der Waals surface area contributed by atoms with E-state index in [1.807, 2.05) is 0 Å². The van der Waals surface area contributed by atoms with Crippen LogP contribution in [0.2, 0.25) is 0 Å². The minimum absolute atomic E-state index is 0.257. The maximum Gasteiger partial charge on any atom is 0.124 e. The number of hydrogen-bond donors (Lipinski definition) is 0. The lowest BCUT2D eigenvalue weighted by molar-refractivity contribution is -0.0188. The summed E-state index contributed by atoms with van der Waals surface area (Å²) in [7, 11) is 0. The molecule has 4 heteroatoms. The molecule has 3 heterocycles. The lowest BCUT2D eigenvalue weighted by Gasteiger charge is -2.31. The summed E-state index contributed by atoms with van der Waals surface area (Å²) in [6.45, 7) is 5.03. The molecule has 2 fully saturated rings. The summed E-state index contributed by atoms with van der Waals surface area (Å²) in [5.41, 5.74) is 1.52. The van der Waals surface area contributed by atoms with Crippen LogP contribution in [0.5, 0.6) is 0 Å². The molecule has 3 aliphatic heterocycles. The van der Waals surface area contributed by atoms with E-state index in [4.69, 9.17) is 14.2 Å². The van der Waals surface area contributed by atoms with Gasteiger partial charge < -0.3 is 14.2 Å². The molecule has 0 amide bonds. The van der Waals surface area contributed by atoms with Crippen LogP contribution < -0.4 is 0 Å². The highest BCUT2D eigenvalue weighted by atomic mass is 16.5. The molecule has 2 saturated heterocycles. The van der Waals surface area contributed by atoms with Gasteiger partial charge in [-0.2, -0.15) is 0 Å². The quantitative estimate of drug-likeness (QED) is 0.791. The topological polar surface area (TPSA) is 30.9 Å². The molecule has 20 heavy (non-hydrogen) atoms. The Morgan fingerprint density at radius 2 is 1.90 bits per heavy atom. The highest BCUT2D eigenvalue weighted by molar-refractivity contribution is 5.22. The summed E-state index contributed by atoms with van der Waals surface area (Å²) in [5.74, 6) is 1.19. The van der Waals surface area contributed by atoms with Gasteiger partial charge in [-0.05, 0) is 37.7 Å². The van der Waals surface area contributed by atoms with E-state index in [1.165, 1.54) is 43.6 Å². The van der Waals surface area contributed by atoms with Gasteiger partial charge in [0, 0.05) is 38.8 Å². The van der Waals surface area contributed by atoms with Gasteiger partial charge in [0.25, 0.3) is 0 Å². The van der Waals surface area contributed by atoms with E-state index in [-0.39, 0.29) is 6.10 Å². The van der Waals surface area contributed by atoms with E-state index in [2.05, 4.69) is 4.90 Å². The van der Waals surface area contributed by atoms with Crippen LogP contribution in [0.15, 0.2) is 11.3 Å². The molecule has 1 aliphatic carbocycles. The van der Waals surface area contributed by atoms with Gasteiger partial charge in [0.05, 0.1) is 12.7 Å². The van der Waals surface area contributed by atoms with Crippen LogP contribution in [0.1, 0.15) is 38.5 Å². The van der Waals surface area contributed by atoms with Crippen molar-refractivity contribution in [2.75, 3.05) is 32.9 Å². The molecule has 112 valence electrons. The summed E-state index contributed by atoms with van der Waals surface area (Å²) in [5, 5.41) is 0. The SMILES string of the molecule is C1CC(N2CC[C@@H](OC3CCC4=C3OCC4)C2)CCO1. The van der Waals surface area contributed by atoms with Crippen molar-refractivity contribution in [3.05, 3.63) is 11.3 Å². The highest BCUT2D eigenvalue weighted by Gasteiger charge is 2.36. The molecule has 0 N–H and O–H groups in total. The van der Waals surface area contributed by atoms with Gasteiger partial charge in [-0.15, -0.1) is 0 Å². The predicted molar refractivity (Wildman–Crippen MR) is 75.5 cm³/mol. The Hall–Kier alpha value is -0.580. The van der Waals surface area contributed by atoms with Crippen LogP contribution in [0, 0.1) is 0 Å². The number of ether oxygens (including phenoxy) is 3. The van der Waals surface area contributed by atoms with Gasteiger partial charge in [-0.3, -0.25) is 4.90 Å². The molecule has 0 aromatic carbocycles. The molecule has 0 radical (unpaired) electrons. The minimum Gasteiger partial charge on any atom is -0.495 e. The van der Waals surface area contributed by atoms with Crippen molar-refractivity contribution in [3.8, 4) is 0 Å². The van der Waals surface area contributed by atoms with Crippen LogP contribution in [0.4, 0.5) is 0 Å². The lowest BCUT2D eigenvalue weighted by Crippen LogP contribution is -2.38. The molecule has 4 rings (SSSR count). The average molecular weight is 279 g/mol. The monoisotopic (exact) mass is 279 g/mol. The lowest BCUT2D eigenvalue weighted by atomic mass is 10.1. The molecule has 0 saturated carbocycles. The van der Waals surface area contributed by atoms with Crippen molar-refractivity contribution >= 4 is 0 Å². The minimum atomic E-state index is 0.257. The Morgan fingerprint density at radius 3 is 2.80 bits per heavy atom. The fourth-order valence-electron chi connectivity index (χ4n) is 4.12. The third-order valence-electron chi connectivity index (χ3n) is 5.25. The zero-order valence-corrected chi connectivity index (χ0v) is 12.2. The number of hydrogen-bond acceptors (Lipinski definition) is 4. The van der Waals surface area contributed by atoms with E-state index >= 15 is 0 Å². The van der Waals surface area contributed by atoms with E-state index in [0.29, 0.717) is 6.10 Å². The van der Waals surface area contributed by atoms with Crippen molar-refractivity contribution in [3.63, 3.8) is 0 Å².